The Hall–Kier alpha value is -2.99. The molecule has 2 amide bonds. The molecule has 1 fully saturated rings. The molecular weight excluding hydrogens is 459 g/mol. The topological polar surface area (TPSA) is 127 Å². The largest absolute Gasteiger partial charge is 0.490 e. The van der Waals surface area contributed by atoms with E-state index >= 15 is 0 Å². The second-order valence-corrected chi connectivity index (χ2v) is 8.25. The average Bonchev–Trinajstić information content (AvgIpc) is 2.97. The molecule has 3 rings (SSSR count). The second-order valence-electron chi connectivity index (χ2n) is 8.25. The summed E-state index contributed by atoms with van der Waals surface area (Å²) < 4.78 is 31.7. The van der Waals surface area contributed by atoms with Crippen molar-refractivity contribution in [2.45, 2.75) is 57.4 Å². The van der Waals surface area contributed by atoms with Crippen molar-refractivity contribution in [1.29, 1.82) is 0 Å². The third-order valence-corrected chi connectivity index (χ3v) is 5.80. The van der Waals surface area contributed by atoms with Gasteiger partial charge in [0.2, 0.25) is 0 Å². The zero-order valence-electron chi connectivity index (χ0n) is 18.8. The molecule has 1 aromatic carbocycles. The zero-order chi connectivity index (χ0) is 25.6. The summed E-state index contributed by atoms with van der Waals surface area (Å²) in [5.41, 5.74) is 0.978. The van der Waals surface area contributed by atoms with Crippen molar-refractivity contribution < 1.29 is 42.6 Å². The van der Waals surface area contributed by atoms with Crippen LogP contribution in [0.4, 0.5) is 13.2 Å². The fraction of sp³-hybridized carbons (Fsp3) is 0.545. The van der Waals surface area contributed by atoms with Crippen molar-refractivity contribution in [1.82, 2.24) is 15.1 Å². The van der Waals surface area contributed by atoms with Gasteiger partial charge >= 0.3 is 18.1 Å². The molecule has 3 N–H and O–H groups in total. The molecule has 1 aliphatic heterocycles. The van der Waals surface area contributed by atoms with Crippen LogP contribution in [-0.2, 0) is 9.59 Å². The Bertz CT molecular complexity index is 882. The molecule has 1 saturated carbocycles. The summed E-state index contributed by atoms with van der Waals surface area (Å²) in [6.07, 6.45) is -2.53. The summed E-state index contributed by atoms with van der Waals surface area (Å²) in [4.78, 5) is 47.9. The van der Waals surface area contributed by atoms with Gasteiger partial charge in [-0.1, -0.05) is 19.1 Å². The molecule has 1 atom stereocenters. The first kappa shape index (κ1) is 27.3. The maximum absolute atomic E-state index is 12.4. The molecule has 1 aromatic rings. The molecule has 0 spiro atoms. The molecule has 0 saturated heterocycles. The minimum Gasteiger partial charge on any atom is -0.480 e. The van der Waals surface area contributed by atoms with Gasteiger partial charge in [-0.2, -0.15) is 13.2 Å². The van der Waals surface area contributed by atoms with E-state index in [-0.39, 0.29) is 24.4 Å². The number of likely N-dealkylation sites (N-methyl/N-ethyl adjacent to an activating group) is 1. The van der Waals surface area contributed by atoms with Crippen LogP contribution >= 0.6 is 0 Å². The first-order valence-electron chi connectivity index (χ1n) is 10.8. The van der Waals surface area contributed by atoms with Gasteiger partial charge in [0.15, 0.2) is 0 Å². The fourth-order valence-corrected chi connectivity index (χ4v) is 3.95. The number of nitrogens with one attached hydrogen (secondary N) is 1. The van der Waals surface area contributed by atoms with E-state index in [0.29, 0.717) is 36.2 Å². The Labute approximate surface area is 194 Å². The normalized spacial score (nSPS) is 20.4. The van der Waals surface area contributed by atoms with Gasteiger partial charge in [0.05, 0.1) is 17.7 Å². The molecule has 1 aliphatic carbocycles. The third kappa shape index (κ3) is 7.00. The minimum absolute atomic E-state index is 0.0865. The van der Waals surface area contributed by atoms with E-state index in [1.54, 1.807) is 24.3 Å². The van der Waals surface area contributed by atoms with Crippen molar-refractivity contribution in [3.05, 3.63) is 35.4 Å². The number of halogens is 3. The van der Waals surface area contributed by atoms with Gasteiger partial charge in [-0.3, -0.25) is 24.2 Å². The van der Waals surface area contributed by atoms with E-state index in [9.17, 15) is 27.6 Å². The highest BCUT2D eigenvalue weighted by atomic mass is 19.4. The molecule has 188 valence electrons. The van der Waals surface area contributed by atoms with Crippen LogP contribution in [0.5, 0.6) is 0 Å². The van der Waals surface area contributed by atoms with Crippen molar-refractivity contribution in [3.8, 4) is 0 Å². The molecule has 34 heavy (non-hydrogen) atoms. The predicted molar refractivity (Wildman–Crippen MR) is 114 cm³/mol. The van der Waals surface area contributed by atoms with Gasteiger partial charge in [-0.15, -0.1) is 0 Å². The molecule has 0 aromatic heterocycles. The maximum Gasteiger partial charge on any atom is 0.490 e. The predicted octanol–water partition coefficient (Wildman–Crippen LogP) is 2.22. The van der Waals surface area contributed by atoms with Crippen molar-refractivity contribution >= 4 is 23.8 Å². The summed E-state index contributed by atoms with van der Waals surface area (Å²) >= 11 is 0. The Morgan fingerprint density at radius 2 is 1.65 bits per heavy atom. The van der Waals surface area contributed by atoms with E-state index in [2.05, 4.69) is 12.2 Å². The lowest BCUT2D eigenvalue weighted by atomic mass is 9.84. The van der Waals surface area contributed by atoms with Gasteiger partial charge < -0.3 is 15.5 Å². The lowest BCUT2D eigenvalue weighted by Gasteiger charge is -2.43. The number of amides is 2. The van der Waals surface area contributed by atoms with Crippen LogP contribution in [0, 0.1) is 0 Å². The smallest absolute Gasteiger partial charge is 0.480 e. The fourth-order valence-electron chi connectivity index (χ4n) is 3.95. The number of fused-ring (bicyclic) bond motifs is 1. The highest BCUT2D eigenvalue weighted by Gasteiger charge is 2.38. The van der Waals surface area contributed by atoms with Crippen molar-refractivity contribution in [2.75, 3.05) is 19.6 Å². The van der Waals surface area contributed by atoms with E-state index in [1.807, 2.05) is 11.8 Å². The second kappa shape index (κ2) is 11.4. The van der Waals surface area contributed by atoms with Gasteiger partial charge in [0.25, 0.3) is 11.8 Å². The average molecular weight is 487 g/mol. The molecule has 1 unspecified atom stereocenters. The molecule has 0 bridgehead atoms. The molecule has 2 aliphatic rings. The van der Waals surface area contributed by atoms with E-state index in [0.717, 1.165) is 19.4 Å². The van der Waals surface area contributed by atoms with Crippen LogP contribution in [-0.4, -0.2) is 87.7 Å². The SMILES string of the molecule is CCN(CC(=O)O)C1CC(NC(C)CCN2C(=O)c3ccccc3C2=O)C1.O=C(O)C(F)(F)F. The first-order valence-corrected chi connectivity index (χ1v) is 10.8. The quantitative estimate of drug-likeness (QED) is 0.453. The number of alkyl halides is 3. The number of carbonyl (C=O) groups excluding carboxylic acids is 2. The molecule has 12 heteroatoms. The number of hydrogen-bond donors (Lipinski definition) is 3. The number of rotatable bonds is 9. The lowest BCUT2D eigenvalue weighted by Crippen LogP contribution is -2.55. The number of carbonyl (C=O) groups is 4. The van der Waals surface area contributed by atoms with Crippen LogP contribution in [0.1, 0.15) is 53.8 Å². The van der Waals surface area contributed by atoms with Crippen LogP contribution in [0.3, 0.4) is 0 Å². The van der Waals surface area contributed by atoms with Crippen LogP contribution in [0.15, 0.2) is 24.3 Å². The molecule has 1 heterocycles. The monoisotopic (exact) mass is 487 g/mol. The summed E-state index contributed by atoms with van der Waals surface area (Å²) in [5, 5.41) is 19.6. The third-order valence-electron chi connectivity index (χ3n) is 5.80. The highest BCUT2D eigenvalue weighted by molar-refractivity contribution is 6.21. The first-order chi connectivity index (χ1) is 15.8. The number of carboxylic acids is 2. The zero-order valence-corrected chi connectivity index (χ0v) is 18.8. The Balaban J connectivity index is 0.000000509. The minimum atomic E-state index is -5.08. The molecular formula is C22H28F3N3O6. The van der Waals surface area contributed by atoms with Crippen LogP contribution < -0.4 is 5.32 Å². The number of benzene rings is 1. The van der Waals surface area contributed by atoms with E-state index < -0.39 is 18.1 Å². The van der Waals surface area contributed by atoms with Gasteiger partial charge in [-0.05, 0) is 44.9 Å². The van der Waals surface area contributed by atoms with Crippen LogP contribution in [0.25, 0.3) is 0 Å². The van der Waals surface area contributed by atoms with Crippen LogP contribution in [0.2, 0.25) is 0 Å². The molecule has 0 radical (unpaired) electrons. The van der Waals surface area contributed by atoms with Crippen molar-refractivity contribution in [3.63, 3.8) is 0 Å². The number of nitrogens with zero attached hydrogens (tertiary/aromatic N) is 2. The molecule has 9 nitrogen and oxygen atoms in total. The summed E-state index contributed by atoms with van der Waals surface area (Å²) in [7, 11) is 0. The Morgan fingerprint density at radius 3 is 2.06 bits per heavy atom. The van der Waals surface area contributed by atoms with E-state index in [4.69, 9.17) is 15.0 Å². The maximum atomic E-state index is 12.4. The van der Waals surface area contributed by atoms with Gasteiger partial charge in [-0.25, -0.2) is 4.79 Å². The van der Waals surface area contributed by atoms with Gasteiger partial charge in [0.1, 0.15) is 0 Å². The summed E-state index contributed by atoms with van der Waals surface area (Å²) in [6.45, 7) is 5.26. The highest BCUT2D eigenvalue weighted by Crippen LogP contribution is 2.27. The standard InChI is InChI=1S/C20H27N3O4.C2HF3O2/c1-3-22(12-18(24)25)15-10-14(11-15)21-13(2)8-9-23-19(26)16-6-4-5-7-17(16)20(23)27;3-2(4,5)1(6)7/h4-7,13-15,21H,3,8-12H2,1-2H3,(H,24,25);(H,6,7). The number of imide groups is 1. The van der Waals surface area contributed by atoms with Gasteiger partial charge in [0, 0.05) is 24.7 Å². The Morgan fingerprint density at radius 1 is 1.15 bits per heavy atom. The lowest BCUT2D eigenvalue weighted by molar-refractivity contribution is -0.192. The summed E-state index contributed by atoms with van der Waals surface area (Å²) in [5.74, 6) is -3.97. The number of carboxylic acid groups (broad SMARTS) is 2. The summed E-state index contributed by atoms with van der Waals surface area (Å²) in [6, 6.07) is 7.78. The number of aliphatic carboxylic acids is 2. The number of hydrogen-bond acceptors (Lipinski definition) is 6. The van der Waals surface area contributed by atoms with Crippen molar-refractivity contribution in [2.24, 2.45) is 0 Å². The van der Waals surface area contributed by atoms with E-state index in [1.165, 1.54) is 4.90 Å². The Kier molecular flexibility index (Phi) is 9.16.